The first-order valence-electron chi connectivity index (χ1n) is 7.26. The molecule has 0 atom stereocenters. The molecule has 7 heteroatoms. The van der Waals surface area contributed by atoms with E-state index in [1.807, 2.05) is 24.0 Å². The smallest absolute Gasteiger partial charge is 0.185 e. The van der Waals surface area contributed by atoms with E-state index in [4.69, 9.17) is 0 Å². The average Bonchev–Trinajstić information content (AvgIpc) is 3.05. The van der Waals surface area contributed by atoms with Crippen LogP contribution in [0.5, 0.6) is 0 Å². The summed E-state index contributed by atoms with van der Waals surface area (Å²) in [5.74, 6) is 0.842. The standard InChI is InChI=1S/C14H20N6S/c1-2-15-13-10-17-12(9-18-13)11-19-4-6-20(7-5-19)14-16-3-8-21-14/h3,8-10H,2,4-7,11H2,1H3,(H,15,18). The second kappa shape index (κ2) is 6.82. The molecule has 21 heavy (non-hydrogen) atoms. The normalized spacial score (nSPS) is 16.1. The van der Waals surface area contributed by atoms with Crippen LogP contribution in [-0.2, 0) is 6.54 Å². The first-order valence-corrected chi connectivity index (χ1v) is 8.14. The van der Waals surface area contributed by atoms with Crippen LogP contribution in [0.1, 0.15) is 12.6 Å². The molecule has 1 N–H and O–H groups in total. The molecule has 0 bridgehead atoms. The lowest BCUT2D eigenvalue weighted by molar-refractivity contribution is 0.247. The van der Waals surface area contributed by atoms with E-state index < -0.39 is 0 Å². The van der Waals surface area contributed by atoms with Gasteiger partial charge in [0.1, 0.15) is 5.82 Å². The number of piperazine rings is 1. The first kappa shape index (κ1) is 14.2. The number of hydrogen-bond donors (Lipinski definition) is 1. The van der Waals surface area contributed by atoms with Crippen molar-refractivity contribution in [3.8, 4) is 0 Å². The zero-order valence-corrected chi connectivity index (χ0v) is 13.0. The summed E-state index contributed by atoms with van der Waals surface area (Å²) in [6.45, 7) is 7.91. The Balaban J connectivity index is 1.51. The molecule has 0 aromatic carbocycles. The van der Waals surface area contributed by atoms with Crippen LogP contribution in [0.25, 0.3) is 0 Å². The van der Waals surface area contributed by atoms with Gasteiger partial charge in [0.25, 0.3) is 0 Å². The van der Waals surface area contributed by atoms with E-state index in [1.165, 1.54) is 0 Å². The van der Waals surface area contributed by atoms with Crippen LogP contribution < -0.4 is 10.2 Å². The molecular weight excluding hydrogens is 284 g/mol. The van der Waals surface area contributed by atoms with E-state index in [2.05, 4.69) is 37.0 Å². The van der Waals surface area contributed by atoms with Gasteiger partial charge in [0.2, 0.25) is 0 Å². The summed E-state index contributed by atoms with van der Waals surface area (Å²) in [5, 5.41) is 6.32. The van der Waals surface area contributed by atoms with Gasteiger partial charge < -0.3 is 10.2 Å². The molecule has 0 amide bonds. The fourth-order valence-electron chi connectivity index (χ4n) is 2.41. The van der Waals surface area contributed by atoms with Gasteiger partial charge in [-0.3, -0.25) is 9.88 Å². The predicted molar refractivity (Wildman–Crippen MR) is 85.8 cm³/mol. The lowest BCUT2D eigenvalue weighted by Gasteiger charge is -2.34. The van der Waals surface area contributed by atoms with Crippen molar-refractivity contribution in [3.05, 3.63) is 29.7 Å². The number of hydrogen-bond acceptors (Lipinski definition) is 7. The number of aromatic nitrogens is 3. The van der Waals surface area contributed by atoms with Crippen molar-refractivity contribution in [2.45, 2.75) is 13.5 Å². The van der Waals surface area contributed by atoms with Crippen molar-refractivity contribution in [3.63, 3.8) is 0 Å². The first-order chi connectivity index (χ1) is 10.3. The summed E-state index contributed by atoms with van der Waals surface area (Å²) in [5.41, 5.74) is 1.03. The summed E-state index contributed by atoms with van der Waals surface area (Å²) >= 11 is 1.71. The zero-order chi connectivity index (χ0) is 14.5. The number of nitrogens with zero attached hydrogens (tertiary/aromatic N) is 5. The highest BCUT2D eigenvalue weighted by Crippen LogP contribution is 2.19. The third kappa shape index (κ3) is 3.68. The highest BCUT2D eigenvalue weighted by molar-refractivity contribution is 7.13. The lowest BCUT2D eigenvalue weighted by atomic mass is 10.3. The topological polar surface area (TPSA) is 57.2 Å². The van der Waals surface area contributed by atoms with Crippen molar-refractivity contribution in [1.29, 1.82) is 0 Å². The Morgan fingerprint density at radius 3 is 2.62 bits per heavy atom. The number of nitrogens with one attached hydrogen (secondary N) is 1. The van der Waals surface area contributed by atoms with Crippen molar-refractivity contribution in [1.82, 2.24) is 19.9 Å². The van der Waals surface area contributed by atoms with E-state index in [-0.39, 0.29) is 0 Å². The summed E-state index contributed by atoms with van der Waals surface area (Å²) < 4.78 is 0. The van der Waals surface area contributed by atoms with E-state index >= 15 is 0 Å². The Bertz CT molecular complexity index is 533. The van der Waals surface area contributed by atoms with Gasteiger partial charge in [-0.25, -0.2) is 9.97 Å². The van der Waals surface area contributed by atoms with Gasteiger partial charge in [-0.05, 0) is 6.92 Å². The fourth-order valence-corrected chi connectivity index (χ4v) is 3.10. The molecule has 0 saturated carbocycles. The molecule has 2 aromatic rings. The second-order valence-corrected chi connectivity index (χ2v) is 5.87. The third-order valence-corrected chi connectivity index (χ3v) is 4.34. The molecule has 1 aliphatic heterocycles. The van der Waals surface area contributed by atoms with Crippen LogP contribution in [0.3, 0.4) is 0 Å². The fraction of sp³-hybridized carbons (Fsp3) is 0.500. The number of rotatable bonds is 5. The molecule has 0 radical (unpaired) electrons. The molecular formula is C14H20N6S. The minimum Gasteiger partial charge on any atom is -0.369 e. The molecule has 1 fully saturated rings. The van der Waals surface area contributed by atoms with Crippen LogP contribution in [0.15, 0.2) is 24.0 Å². The molecule has 0 unspecified atom stereocenters. The molecule has 3 heterocycles. The van der Waals surface area contributed by atoms with E-state index in [9.17, 15) is 0 Å². The molecule has 6 nitrogen and oxygen atoms in total. The Morgan fingerprint density at radius 1 is 1.14 bits per heavy atom. The molecule has 2 aromatic heterocycles. The van der Waals surface area contributed by atoms with Crippen molar-refractivity contribution in [2.75, 3.05) is 42.9 Å². The van der Waals surface area contributed by atoms with Crippen LogP contribution in [-0.4, -0.2) is 52.6 Å². The van der Waals surface area contributed by atoms with Gasteiger partial charge >= 0.3 is 0 Å². The summed E-state index contributed by atoms with van der Waals surface area (Å²) in [6, 6.07) is 0. The van der Waals surface area contributed by atoms with Crippen molar-refractivity contribution in [2.24, 2.45) is 0 Å². The third-order valence-electron chi connectivity index (χ3n) is 3.51. The molecule has 0 spiro atoms. The summed E-state index contributed by atoms with van der Waals surface area (Å²) in [6.07, 6.45) is 5.55. The maximum absolute atomic E-state index is 4.47. The minimum absolute atomic E-state index is 0.842. The predicted octanol–water partition coefficient (Wildman–Crippen LogP) is 1.69. The monoisotopic (exact) mass is 304 g/mol. The van der Waals surface area contributed by atoms with Crippen LogP contribution in [0.4, 0.5) is 10.9 Å². The molecule has 1 saturated heterocycles. The second-order valence-electron chi connectivity index (χ2n) is 5.00. The van der Waals surface area contributed by atoms with Gasteiger partial charge in [0.15, 0.2) is 5.13 Å². The van der Waals surface area contributed by atoms with Crippen LogP contribution in [0, 0.1) is 0 Å². The van der Waals surface area contributed by atoms with E-state index in [0.717, 1.165) is 55.9 Å². The Labute approximate surface area is 128 Å². The SMILES string of the molecule is CCNc1cnc(CN2CCN(c3nccs3)CC2)cn1. The molecule has 0 aliphatic carbocycles. The van der Waals surface area contributed by atoms with Gasteiger partial charge in [0, 0.05) is 50.8 Å². The van der Waals surface area contributed by atoms with Crippen molar-refractivity contribution < 1.29 is 0 Å². The lowest BCUT2D eigenvalue weighted by Crippen LogP contribution is -2.46. The highest BCUT2D eigenvalue weighted by atomic mass is 32.1. The van der Waals surface area contributed by atoms with Gasteiger partial charge in [-0.1, -0.05) is 0 Å². The summed E-state index contributed by atoms with van der Waals surface area (Å²) in [4.78, 5) is 18.0. The Kier molecular flexibility index (Phi) is 4.62. The molecule has 1 aliphatic rings. The largest absolute Gasteiger partial charge is 0.369 e. The maximum atomic E-state index is 4.47. The highest BCUT2D eigenvalue weighted by Gasteiger charge is 2.18. The molecule has 3 rings (SSSR count). The Morgan fingerprint density at radius 2 is 2.00 bits per heavy atom. The van der Waals surface area contributed by atoms with Crippen molar-refractivity contribution >= 4 is 22.3 Å². The Hall–Kier alpha value is -1.73. The van der Waals surface area contributed by atoms with Gasteiger partial charge in [-0.2, -0.15) is 0 Å². The minimum atomic E-state index is 0.842. The van der Waals surface area contributed by atoms with Gasteiger partial charge in [0.05, 0.1) is 18.1 Å². The van der Waals surface area contributed by atoms with Gasteiger partial charge in [-0.15, -0.1) is 11.3 Å². The maximum Gasteiger partial charge on any atom is 0.185 e. The summed E-state index contributed by atoms with van der Waals surface area (Å²) in [7, 11) is 0. The van der Waals surface area contributed by atoms with E-state index in [1.54, 1.807) is 11.3 Å². The van der Waals surface area contributed by atoms with Crippen LogP contribution in [0.2, 0.25) is 0 Å². The molecule has 112 valence electrons. The van der Waals surface area contributed by atoms with Crippen LogP contribution >= 0.6 is 11.3 Å². The quantitative estimate of drug-likeness (QED) is 0.907. The number of anilines is 2. The zero-order valence-electron chi connectivity index (χ0n) is 12.2. The number of thiazole rings is 1. The van der Waals surface area contributed by atoms with E-state index in [0.29, 0.717) is 0 Å². The average molecular weight is 304 g/mol.